The molecule has 0 bridgehead atoms. The van der Waals surface area contributed by atoms with Crippen molar-refractivity contribution in [2.45, 2.75) is 26.9 Å². The lowest BCUT2D eigenvalue weighted by Crippen LogP contribution is -2.46. The summed E-state index contributed by atoms with van der Waals surface area (Å²) in [5.74, 6) is -0.503. The third kappa shape index (κ3) is 5.66. The Morgan fingerprint density at radius 2 is 1.86 bits per heavy atom. The maximum Gasteiger partial charge on any atom is 0.279 e. The van der Waals surface area contributed by atoms with Gasteiger partial charge in [-0.3, -0.25) is 30.6 Å². The summed E-state index contributed by atoms with van der Waals surface area (Å²) >= 11 is 0. The van der Waals surface area contributed by atoms with E-state index in [0.29, 0.717) is 11.3 Å². The Balaban J connectivity index is 1.87. The molecular weight excluding hydrogens is 362 g/mol. The number of nitrogens with zero attached hydrogens (tertiary/aromatic N) is 1. The number of rotatable bonds is 6. The van der Waals surface area contributed by atoms with Crippen LogP contribution in [0.15, 0.2) is 48.5 Å². The van der Waals surface area contributed by atoms with Crippen molar-refractivity contribution in [1.29, 1.82) is 0 Å². The highest BCUT2D eigenvalue weighted by Crippen LogP contribution is 2.21. The summed E-state index contributed by atoms with van der Waals surface area (Å²) < 4.78 is 5.64. The van der Waals surface area contributed by atoms with Crippen molar-refractivity contribution in [1.82, 2.24) is 10.9 Å². The molecule has 0 saturated carbocycles. The fraction of sp³-hybridized carbons (Fsp3) is 0.200. The van der Waals surface area contributed by atoms with Gasteiger partial charge in [0.2, 0.25) is 0 Å². The molecule has 2 N–H and O–H groups in total. The van der Waals surface area contributed by atoms with E-state index in [1.165, 1.54) is 24.3 Å². The van der Waals surface area contributed by atoms with Gasteiger partial charge >= 0.3 is 0 Å². The van der Waals surface area contributed by atoms with Gasteiger partial charge in [0.25, 0.3) is 17.5 Å². The minimum atomic E-state index is -0.818. The van der Waals surface area contributed by atoms with Crippen molar-refractivity contribution < 1.29 is 19.2 Å². The van der Waals surface area contributed by atoms with E-state index in [0.717, 1.165) is 17.2 Å². The highest BCUT2D eigenvalue weighted by Gasteiger charge is 2.16. The Bertz CT molecular complexity index is 924. The first-order valence-electron chi connectivity index (χ1n) is 8.53. The number of hydrogen-bond acceptors (Lipinski definition) is 5. The largest absolute Gasteiger partial charge is 0.481 e. The number of hydrogen-bond donors (Lipinski definition) is 2. The molecule has 1 atom stereocenters. The average molecular weight is 383 g/mol. The Morgan fingerprint density at radius 3 is 2.57 bits per heavy atom. The van der Waals surface area contributed by atoms with Gasteiger partial charge in [0, 0.05) is 18.2 Å². The summed E-state index contributed by atoms with van der Waals surface area (Å²) in [7, 11) is 0. The van der Waals surface area contributed by atoms with E-state index >= 15 is 0 Å². The van der Waals surface area contributed by atoms with Crippen LogP contribution in [0, 0.1) is 24.0 Å². The smallest absolute Gasteiger partial charge is 0.279 e. The van der Waals surface area contributed by atoms with E-state index in [2.05, 4.69) is 10.9 Å². The molecule has 0 radical (unpaired) electrons. The first kappa shape index (κ1) is 20.6. The zero-order chi connectivity index (χ0) is 20.7. The highest BCUT2D eigenvalue weighted by atomic mass is 16.6. The molecule has 0 fully saturated rings. The van der Waals surface area contributed by atoms with Crippen LogP contribution in [0.3, 0.4) is 0 Å². The molecule has 146 valence electrons. The van der Waals surface area contributed by atoms with Gasteiger partial charge in [-0.1, -0.05) is 24.3 Å². The fourth-order valence-electron chi connectivity index (χ4n) is 2.28. The molecule has 8 nitrogen and oxygen atoms in total. The highest BCUT2D eigenvalue weighted by molar-refractivity contribution is 5.93. The van der Waals surface area contributed by atoms with Gasteiger partial charge < -0.3 is 4.74 Å². The number of amides is 2. The van der Waals surface area contributed by atoms with Gasteiger partial charge in [-0.05, 0) is 49.6 Å². The van der Waals surface area contributed by atoms with Crippen molar-refractivity contribution in [2.75, 3.05) is 0 Å². The zero-order valence-electron chi connectivity index (χ0n) is 15.8. The molecule has 2 rings (SSSR count). The second-order valence-electron chi connectivity index (χ2n) is 6.12. The number of carbonyl (C=O) groups is 2. The predicted molar refractivity (Wildman–Crippen MR) is 104 cm³/mol. The summed E-state index contributed by atoms with van der Waals surface area (Å²) in [6.45, 7) is 5.42. The van der Waals surface area contributed by atoms with E-state index in [1.807, 2.05) is 26.0 Å². The molecule has 0 aliphatic rings. The minimum Gasteiger partial charge on any atom is -0.481 e. The minimum absolute atomic E-state index is 0.0757. The lowest BCUT2D eigenvalue weighted by molar-refractivity contribution is -0.384. The van der Waals surface area contributed by atoms with Crippen LogP contribution >= 0.6 is 0 Å². The molecule has 0 aliphatic heterocycles. The van der Waals surface area contributed by atoms with E-state index in [4.69, 9.17) is 4.74 Å². The van der Waals surface area contributed by atoms with Gasteiger partial charge in [0.15, 0.2) is 6.10 Å². The summed E-state index contributed by atoms with van der Waals surface area (Å²) in [5, 5.41) is 10.7. The first-order valence-corrected chi connectivity index (χ1v) is 8.53. The van der Waals surface area contributed by atoms with E-state index in [9.17, 15) is 19.7 Å². The Morgan fingerprint density at radius 1 is 1.14 bits per heavy atom. The van der Waals surface area contributed by atoms with Crippen molar-refractivity contribution in [3.05, 3.63) is 75.3 Å². The lowest BCUT2D eigenvalue weighted by Gasteiger charge is -2.17. The van der Waals surface area contributed by atoms with E-state index < -0.39 is 22.8 Å². The molecule has 0 heterocycles. The standard InChI is InChI=1S/C20H21N3O5/c1-13-6-4-9-18(14(13)2)28-15(3)20(25)22-21-19(24)11-10-16-7-5-8-17(12-16)23(26)27/h4-12,15H,1-3H3,(H,21,24)(H,22,25)/b11-10+/t15-/m1/s1. The average Bonchev–Trinajstić information content (AvgIpc) is 2.68. The summed E-state index contributed by atoms with van der Waals surface area (Å²) in [4.78, 5) is 34.2. The number of benzene rings is 2. The number of nitrogens with one attached hydrogen (secondary N) is 2. The van der Waals surface area contributed by atoms with E-state index in [1.54, 1.807) is 19.1 Å². The van der Waals surface area contributed by atoms with Crippen LogP contribution in [-0.2, 0) is 9.59 Å². The molecule has 0 unspecified atom stereocenters. The third-order valence-corrected chi connectivity index (χ3v) is 4.04. The van der Waals surface area contributed by atoms with Gasteiger partial charge in [-0.25, -0.2) is 0 Å². The quantitative estimate of drug-likeness (QED) is 0.453. The van der Waals surface area contributed by atoms with Crippen molar-refractivity contribution in [3.63, 3.8) is 0 Å². The second kappa shape index (κ2) is 9.31. The maximum atomic E-state index is 12.1. The lowest BCUT2D eigenvalue weighted by atomic mass is 10.1. The molecule has 2 aromatic rings. The summed E-state index contributed by atoms with van der Waals surface area (Å²) in [5.41, 5.74) is 6.92. The van der Waals surface area contributed by atoms with Crippen molar-refractivity contribution >= 4 is 23.6 Å². The summed E-state index contributed by atoms with van der Waals surface area (Å²) in [6, 6.07) is 11.4. The van der Waals surface area contributed by atoms with Gasteiger partial charge in [0.1, 0.15) is 5.75 Å². The van der Waals surface area contributed by atoms with Gasteiger partial charge in [-0.15, -0.1) is 0 Å². The Hall–Kier alpha value is -3.68. The van der Waals surface area contributed by atoms with Gasteiger partial charge in [0.05, 0.1) is 4.92 Å². The van der Waals surface area contributed by atoms with Crippen LogP contribution < -0.4 is 15.6 Å². The maximum absolute atomic E-state index is 12.1. The number of ether oxygens (including phenoxy) is 1. The molecule has 2 amide bonds. The first-order chi connectivity index (χ1) is 13.3. The normalized spacial score (nSPS) is 11.7. The number of aryl methyl sites for hydroxylation is 1. The fourth-order valence-corrected chi connectivity index (χ4v) is 2.28. The number of nitro groups is 1. The summed E-state index contributed by atoms with van der Waals surface area (Å²) in [6.07, 6.45) is 1.75. The molecule has 28 heavy (non-hydrogen) atoms. The number of non-ortho nitro benzene ring substituents is 1. The number of hydrazine groups is 1. The Labute approximate surface area is 162 Å². The topological polar surface area (TPSA) is 111 Å². The van der Waals surface area contributed by atoms with Crippen molar-refractivity contribution in [3.8, 4) is 5.75 Å². The van der Waals surface area contributed by atoms with Crippen LogP contribution in [0.25, 0.3) is 6.08 Å². The molecule has 0 aromatic heterocycles. The van der Waals surface area contributed by atoms with Crippen LogP contribution in [0.4, 0.5) is 5.69 Å². The molecule has 2 aromatic carbocycles. The van der Waals surface area contributed by atoms with Crippen molar-refractivity contribution in [2.24, 2.45) is 0 Å². The van der Waals surface area contributed by atoms with Crippen LogP contribution in [0.5, 0.6) is 5.75 Å². The van der Waals surface area contributed by atoms with Crippen LogP contribution in [0.1, 0.15) is 23.6 Å². The predicted octanol–water partition coefficient (Wildman–Crippen LogP) is 2.84. The third-order valence-electron chi connectivity index (χ3n) is 4.04. The molecule has 8 heteroatoms. The molecule has 0 spiro atoms. The SMILES string of the molecule is Cc1cccc(O[C@H](C)C(=O)NNC(=O)/C=C/c2cccc([N+](=O)[O-])c2)c1C. The molecule has 0 saturated heterocycles. The second-order valence-corrected chi connectivity index (χ2v) is 6.12. The van der Waals surface area contributed by atoms with Crippen LogP contribution in [0.2, 0.25) is 0 Å². The monoisotopic (exact) mass is 383 g/mol. The van der Waals surface area contributed by atoms with Gasteiger partial charge in [-0.2, -0.15) is 0 Å². The van der Waals surface area contributed by atoms with E-state index in [-0.39, 0.29) is 5.69 Å². The number of carbonyl (C=O) groups excluding carboxylic acids is 2. The zero-order valence-corrected chi connectivity index (χ0v) is 15.8. The Kier molecular flexibility index (Phi) is 6.86. The number of nitro benzene ring substituents is 1. The molecular formula is C20H21N3O5. The molecule has 0 aliphatic carbocycles. The van der Waals surface area contributed by atoms with Crippen LogP contribution in [-0.4, -0.2) is 22.8 Å².